The molecule has 1 aromatic heterocycles. The van der Waals surface area contributed by atoms with Crippen LogP contribution in [0.2, 0.25) is 0 Å². The Balaban J connectivity index is 1.55. The lowest BCUT2D eigenvalue weighted by Crippen LogP contribution is -2.40. The molecule has 32 heavy (non-hydrogen) atoms. The van der Waals surface area contributed by atoms with Crippen molar-refractivity contribution in [3.63, 3.8) is 0 Å². The van der Waals surface area contributed by atoms with Gasteiger partial charge >= 0.3 is 6.03 Å². The van der Waals surface area contributed by atoms with Crippen LogP contribution in [0.3, 0.4) is 0 Å². The zero-order valence-corrected chi connectivity index (χ0v) is 18.6. The first kappa shape index (κ1) is 22.9. The maximum Gasteiger partial charge on any atom is 0.315 e. The monoisotopic (exact) mass is 435 g/mol. The predicted octanol–water partition coefficient (Wildman–Crippen LogP) is 2.87. The highest BCUT2D eigenvalue weighted by Gasteiger charge is 2.21. The van der Waals surface area contributed by atoms with E-state index >= 15 is 0 Å². The second kappa shape index (κ2) is 11.0. The molecule has 0 bridgehead atoms. The van der Waals surface area contributed by atoms with Crippen LogP contribution < -0.4 is 15.4 Å². The summed E-state index contributed by atoms with van der Waals surface area (Å²) in [5.74, 6) is 1.39. The minimum atomic E-state index is -0.447. The number of carbonyl (C=O) groups excluding carboxylic acids is 2. The number of hydrogen-bond acceptors (Lipinski definition) is 4. The smallest absolute Gasteiger partial charge is 0.315 e. The first-order chi connectivity index (χ1) is 15.5. The molecule has 0 radical (unpaired) electrons. The van der Waals surface area contributed by atoms with Crippen molar-refractivity contribution < 1.29 is 14.3 Å². The molecule has 0 saturated heterocycles. The Morgan fingerprint density at radius 3 is 2.47 bits per heavy atom. The number of aromatic nitrogens is 2. The third-order valence-electron chi connectivity index (χ3n) is 5.15. The van der Waals surface area contributed by atoms with Crippen LogP contribution in [0.5, 0.6) is 5.75 Å². The molecule has 168 valence electrons. The second-order valence-corrected chi connectivity index (χ2v) is 7.49. The Bertz CT molecular complexity index is 1020. The van der Waals surface area contributed by atoms with Gasteiger partial charge in [-0.3, -0.25) is 4.79 Å². The van der Waals surface area contributed by atoms with Crippen molar-refractivity contribution in [2.45, 2.75) is 19.0 Å². The molecule has 3 rings (SSSR count). The van der Waals surface area contributed by atoms with Gasteiger partial charge in [0.15, 0.2) is 0 Å². The van der Waals surface area contributed by atoms with Crippen LogP contribution >= 0.6 is 0 Å². The lowest BCUT2D eigenvalue weighted by atomic mass is 10.1. The normalized spacial score (nSPS) is 11.5. The van der Waals surface area contributed by atoms with Crippen LogP contribution in [-0.4, -0.2) is 47.1 Å². The maximum absolute atomic E-state index is 12.6. The molecule has 8 nitrogen and oxygen atoms in total. The molecular weight excluding hydrogens is 406 g/mol. The van der Waals surface area contributed by atoms with E-state index in [1.54, 1.807) is 25.3 Å². The van der Waals surface area contributed by atoms with E-state index in [2.05, 4.69) is 15.6 Å². The Morgan fingerprint density at radius 2 is 1.84 bits per heavy atom. The van der Waals surface area contributed by atoms with E-state index < -0.39 is 6.04 Å². The average molecular weight is 436 g/mol. The zero-order chi connectivity index (χ0) is 22.9. The molecule has 3 aromatic rings. The number of aryl methyl sites for hydroxylation is 1. The summed E-state index contributed by atoms with van der Waals surface area (Å²) >= 11 is 0. The largest absolute Gasteiger partial charge is 0.497 e. The standard InChI is InChI=1S/C24H29N5O3/c1-28-16-15-25-23(28)22(19-9-11-20(32-3)12-10-19)27-24(31)26-14-13-21(30)29(2)17-18-7-5-4-6-8-18/h4-12,15-16,22H,13-14,17H2,1-3H3,(H2,26,27,31). The van der Waals surface area contributed by atoms with Gasteiger partial charge in [0.1, 0.15) is 17.6 Å². The summed E-state index contributed by atoms with van der Waals surface area (Å²) in [6.07, 6.45) is 3.73. The molecular formula is C24H29N5O3. The lowest BCUT2D eigenvalue weighted by molar-refractivity contribution is -0.130. The van der Waals surface area contributed by atoms with Gasteiger partial charge in [-0.25, -0.2) is 9.78 Å². The molecule has 0 aliphatic carbocycles. The van der Waals surface area contributed by atoms with Crippen LogP contribution in [0.1, 0.15) is 29.4 Å². The number of hydrogen-bond donors (Lipinski definition) is 2. The Kier molecular flexibility index (Phi) is 7.85. The maximum atomic E-state index is 12.6. The Morgan fingerprint density at radius 1 is 1.12 bits per heavy atom. The van der Waals surface area contributed by atoms with E-state index in [0.29, 0.717) is 12.4 Å². The van der Waals surface area contributed by atoms with Crippen molar-refractivity contribution in [3.8, 4) is 5.75 Å². The van der Waals surface area contributed by atoms with Gasteiger partial charge in [0.05, 0.1) is 7.11 Å². The quantitative estimate of drug-likeness (QED) is 0.541. The Hall–Kier alpha value is -3.81. The SMILES string of the molecule is COc1ccc(C(NC(=O)NCCC(=O)N(C)Cc2ccccc2)c2nccn2C)cc1. The summed E-state index contributed by atoms with van der Waals surface area (Å²) in [7, 11) is 5.24. The predicted molar refractivity (Wildman–Crippen MR) is 122 cm³/mol. The molecule has 1 heterocycles. The molecule has 0 aliphatic rings. The van der Waals surface area contributed by atoms with Crippen LogP contribution in [0.25, 0.3) is 0 Å². The highest BCUT2D eigenvalue weighted by Crippen LogP contribution is 2.22. The fourth-order valence-corrected chi connectivity index (χ4v) is 3.35. The van der Waals surface area contributed by atoms with E-state index in [4.69, 9.17) is 4.74 Å². The first-order valence-electron chi connectivity index (χ1n) is 10.4. The first-order valence-corrected chi connectivity index (χ1v) is 10.4. The van der Waals surface area contributed by atoms with Gasteiger partial charge in [0.25, 0.3) is 0 Å². The van der Waals surface area contributed by atoms with E-state index in [-0.39, 0.29) is 24.9 Å². The van der Waals surface area contributed by atoms with Gasteiger partial charge in [-0.2, -0.15) is 0 Å². The molecule has 2 aromatic carbocycles. The number of rotatable bonds is 9. The molecule has 8 heteroatoms. The number of amides is 3. The number of nitrogens with one attached hydrogen (secondary N) is 2. The fourth-order valence-electron chi connectivity index (χ4n) is 3.35. The van der Waals surface area contributed by atoms with E-state index in [0.717, 1.165) is 16.9 Å². The van der Waals surface area contributed by atoms with E-state index in [9.17, 15) is 9.59 Å². The molecule has 0 spiro atoms. The average Bonchev–Trinajstić information content (AvgIpc) is 3.23. The topological polar surface area (TPSA) is 88.5 Å². The van der Waals surface area contributed by atoms with Crippen molar-refractivity contribution in [1.82, 2.24) is 25.1 Å². The van der Waals surface area contributed by atoms with Gasteiger partial charge in [0.2, 0.25) is 5.91 Å². The fraction of sp³-hybridized carbons (Fsp3) is 0.292. The number of ether oxygens (including phenoxy) is 1. The third-order valence-corrected chi connectivity index (χ3v) is 5.15. The minimum Gasteiger partial charge on any atom is -0.497 e. The molecule has 0 aliphatic heterocycles. The van der Waals surface area contributed by atoms with E-state index in [1.807, 2.05) is 72.4 Å². The summed E-state index contributed by atoms with van der Waals surface area (Å²) in [5.41, 5.74) is 1.93. The molecule has 0 saturated carbocycles. The third kappa shape index (κ3) is 6.10. The summed E-state index contributed by atoms with van der Waals surface area (Å²) in [6.45, 7) is 0.768. The lowest BCUT2D eigenvalue weighted by Gasteiger charge is -2.20. The van der Waals surface area contributed by atoms with Crippen molar-refractivity contribution in [3.05, 3.63) is 83.9 Å². The van der Waals surface area contributed by atoms with E-state index in [1.165, 1.54) is 0 Å². The van der Waals surface area contributed by atoms with Gasteiger partial charge in [-0.15, -0.1) is 0 Å². The highest BCUT2D eigenvalue weighted by molar-refractivity contribution is 5.78. The number of imidazole rings is 1. The highest BCUT2D eigenvalue weighted by atomic mass is 16.5. The molecule has 1 unspecified atom stereocenters. The van der Waals surface area contributed by atoms with Gasteiger partial charge in [-0.05, 0) is 23.3 Å². The molecule has 2 N–H and O–H groups in total. The van der Waals surface area contributed by atoms with Crippen LogP contribution in [-0.2, 0) is 18.4 Å². The van der Waals surface area contributed by atoms with Crippen molar-refractivity contribution in [1.29, 1.82) is 0 Å². The van der Waals surface area contributed by atoms with Crippen LogP contribution in [0.15, 0.2) is 67.0 Å². The van der Waals surface area contributed by atoms with Gasteiger partial charge in [-0.1, -0.05) is 42.5 Å². The van der Waals surface area contributed by atoms with Crippen LogP contribution in [0.4, 0.5) is 4.79 Å². The molecule has 3 amide bonds. The number of benzene rings is 2. The second-order valence-electron chi connectivity index (χ2n) is 7.49. The number of methoxy groups -OCH3 is 1. The summed E-state index contributed by atoms with van der Waals surface area (Å²) in [4.78, 5) is 31.0. The van der Waals surface area contributed by atoms with Gasteiger partial charge in [0, 0.05) is 46.0 Å². The van der Waals surface area contributed by atoms with Crippen molar-refractivity contribution in [2.24, 2.45) is 7.05 Å². The van der Waals surface area contributed by atoms with Gasteiger partial charge < -0.3 is 24.8 Å². The minimum absolute atomic E-state index is 0.0371. The summed E-state index contributed by atoms with van der Waals surface area (Å²) in [6, 6.07) is 16.4. The van der Waals surface area contributed by atoms with Crippen LogP contribution in [0, 0.1) is 0 Å². The summed E-state index contributed by atoms with van der Waals surface area (Å²) < 4.78 is 7.08. The molecule has 0 fully saturated rings. The van der Waals surface area contributed by atoms with Crippen molar-refractivity contribution in [2.75, 3.05) is 20.7 Å². The summed E-state index contributed by atoms with van der Waals surface area (Å²) in [5, 5.41) is 5.73. The van der Waals surface area contributed by atoms with Crippen molar-refractivity contribution >= 4 is 11.9 Å². The zero-order valence-electron chi connectivity index (χ0n) is 18.6. The molecule has 1 atom stereocenters. The number of nitrogens with zero attached hydrogens (tertiary/aromatic N) is 3. The Labute approximate surface area is 188 Å². The number of urea groups is 1. The number of carbonyl (C=O) groups is 2.